The summed E-state index contributed by atoms with van der Waals surface area (Å²) in [5.74, 6) is -0.628. The third-order valence-corrected chi connectivity index (χ3v) is 11.9. The predicted molar refractivity (Wildman–Crippen MR) is 133 cm³/mol. The molecule has 6 rings (SSSR count). The van der Waals surface area contributed by atoms with Gasteiger partial charge in [-0.2, -0.15) is 5.10 Å². The van der Waals surface area contributed by atoms with E-state index in [2.05, 4.69) is 30.9 Å². The maximum Gasteiger partial charge on any atom is 0.271 e. The molecule has 3 aliphatic carbocycles. The molecule has 0 aliphatic heterocycles. The van der Waals surface area contributed by atoms with Crippen LogP contribution in [0.1, 0.15) is 49.0 Å². The van der Waals surface area contributed by atoms with Gasteiger partial charge in [0.2, 0.25) is 5.91 Å². The molecule has 3 heterocycles. The number of thiazole rings is 1. The van der Waals surface area contributed by atoms with Crippen LogP contribution in [0.2, 0.25) is 0 Å². The zero-order valence-electron chi connectivity index (χ0n) is 19.1. The van der Waals surface area contributed by atoms with Gasteiger partial charge in [-0.05, 0) is 44.6 Å². The molecule has 3 aromatic rings. The number of nitrogens with one attached hydrogen (secondary N) is 2. The van der Waals surface area contributed by atoms with Gasteiger partial charge in [-0.1, -0.05) is 11.3 Å². The van der Waals surface area contributed by atoms with Crippen LogP contribution in [0.4, 0.5) is 16.6 Å². The van der Waals surface area contributed by atoms with Gasteiger partial charge >= 0.3 is 0 Å². The Morgan fingerprint density at radius 3 is 2.46 bits per heavy atom. The van der Waals surface area contributed by atoms with Crippen molar-refractivity contribution in [2.24, 2.45) is 18.7 Å². The lowest BCUT2D eigenvalue weighted by molar-refractivity contribution is -0.117. The van der Waals surface area contributed by atoms with Crippen LogP contribution in [0, 0.1) is 5.92 Å². The van der Waals surface area contributed by atoms with Crippen LogP contribution < -0.4 is 21.8 Å². The van der Waals surface area contributed by atoms with Crippen molar-refractivity contribution in [3.8, 4) is 10.6 Å². The minimum atomic E-state index is -2.45. The van der Waals surface area contributed by atoms with Gasteiger partial charge in [0, 0.05) is 36.5 Å². The van der Waals surface area contributed by atoms with E-state index in [0.29, 0.717) is 22.1 Å². The summed E-state index contributed by atoms with van der Waals surface area (Å²) in [6.07, 6.45) is 7.55. The number of aromatic nitrogens is 5. The van der Waals surface area contributed by atoms with Crippen LogP contribution in [0.5, 0.6) is 0 Å². The number of rotatable bonds is 9. The molecule has 11 nitrogen and oxygen atoms in total. The average molecular weight is 513 g/mol. The third-order valence-electron chi connectivity index (χ3n) is 6.62. The summed E-state index contributed by atoms with van der Waals surface area (Å²) in [6, 6.07) is 3.47. The van der Waals surface area contributed by atoms with Crippen LogP contribution in [0.15, 0.2) is 18.3 Å². The Labute approximate surface area is 205 Å². The number of amides is 2. The SMILES string of the molecule is Cn1nc(-c2cnc(Nc3cc(NC(=O)C4CC4)nnc3C(N)=O)s2)cc1P(=O)(C1CC1)C1CC1. The molecular weight excluding hydrogens is 487 g/mol. The summed E-state index contributed by atoms with van der Waals surface area (Å²) < 4.78 is 15.7. The third kappa shape index (κ3) is 4.25. The molecule has 35 heavy (non-hydrogen) atoms. The first-order chi connectivity index (χ1) is 16.8. The molecule has 0 aromatic carbocycles. The van der Waals surface area contributed by atoms with E-state index in [0.717, 1.165) is 54.5 Å². The fourth-order valence-electron chi connectivity index (χ4n) is 4.36. The van der Waals surface area contributed by atoms with Crippen LogP contribution >= 0.6 is 18.5 Å². The quantitative estimate of drug-likeness (QED) is 0.369. The van der Waals surface area contributed by atoms with Crippen molar-refractivity contribution < 1.29 is 14.2 Å². The highest BCUT2D eigenvalue weighted by Gasteiger charge is 2.53. The van der Waals surface area contributed by atoms with E-state index in [1.807, 2.05) is 13.1 Å². The lowest BCUT2D eigenvalue weighted by atomic mass is 10.3. The maximum absolute atomic E-state index is 13.9. The molecule has 2 amide bonds. The fraction of sp³-hybridized carbons (Fsp3) is 0.455. The van der Waals surface area contributed by atoms with Crippen molar-refractivity contribution in [3.05, 3.63) is 24.0 Å². The Hall–Kier alpha value is -3.11. The van der Waals surface area contributed by atoms with E-state index >= 15 is 0 Å². The average Bonchev–Trinajstić information content (AvgIpc) is 3.69. The van der Waals surface area contributed by atoms with Gasteiger partial charge in [0.1, 0.15) is 12.8 Å². The molecule has 3 aliphatic rings. The molecule has 4 N–H and O–H groups in total. The summed E-state index contributed by atoms with van der Waals surface area (Å²) in [7, 11) is -0.591. The zero-order chi connectivity index (χ0) is 24.3. The van der Waals surface area contributed by atoms with Crippen LogP contribution in [0.3, 0.4) is 0 Å². The number of nitrogens with zero attached hydrogens (tertiary/aromatic N) is 5. The van der Waals surface area contributed by atoms with Gasteiger partial charge in [0.15, 0.2) is 16.6 Å². The summed E-state index contributed by atoms with van der Waals surface area (Å²) in [5.41, 5.74) is 7.89. The van der Waals surface area contributed by atoms with E-state index in [4.69, 9.17) is 5.73 Å². The van der Waals surface area contributed by atoms with E-state index in [9.17, 15) is 14.2 Å². The standard InChI is InChI=1S/C22H25N8O3PS/c1-30-18(34(33,12-4-5-12)13-6-7-13)9-14(29-30)16-10-24-22(35-16)25-15-8-17(26-21(32)11-2-3-11)27-28-19(15)20(23)31/h8-13H,2-7H2,1H3,(H2,23,31)(H2,24,25,26,27,32). The van der Waals surface area contributed by atoms with Gasteiger partial charge in [0.05, 0.1) is 16.0 Å². The lowest BCUT2D eigenvalue weighted by Crippen LogP contribution is -2.20. The Balaban J connectivity index is 1.25. The van der Waals surface area contributed by atoms with Crippen LogP contribution in [0.25, 0.3) is 10.6 Å². The Morgan fingerprint density at radius 2 is 1.83 bits per heavy atom. The minimum absolute atomic E-state index is 0.00365. The van der Waals surface area contributed by atoms with Crippen molar-refractivity contribution in [2.75, 3.05) is 10.6 Å². The second-order valence-electron chi connectivity index (χ2n) is 9.46. The van der Waals surface area contributed by atoms with Gasteiger partial charge in [-0.3, -0.25) is 14.3 Å². The smallest absolute Gasteiger partial charge is 0.271 e. The Kier molecular flexibility index (Phi) is 5.26. The maximum atomic E-state index is 13.9. The molecule has 0 bridgehead atoms. The molecule has 182 valence electrons. The van der Waals surface area contributed by atoms with Crippen LogP contribution in [-0.4, -0.2) is 48.1 Å². The molecular formula is C22H25N8O3PS. The first kappa shape index (κ1) is 22.4. The number of anilines is 3. The Morgan fingerprint density at radius 1 is 1.11 bits per heavy atom. The van der Waals surface area contributed by atoms with Crippen LogP contribution in [-0.2, 0) is 16.4 Å². The predicted octanol–water partition coefficient (Wildman–Crippen LogP) is 2.84. The van der Waals surface area contributed by atoms with Gasteiger partial charge in [-0.15, -0.1) is 10.2 Å². The molecule has 3 saturated carbocycles. The second kappa shape index (κ2) is 8.23. The number of carbonyl (C=O) groups excluding carboxylic acids is 2. The topological polar surface area (TPSA) is 158 Å². The van der Waals surface area contributed by atoms with Crippen molar-refractivity contribution in [3.63, 3.8) is 0 Å². The monoisotopic (exact) mass is 512 g/mol. The molecule has 0 radical (unpaired) electrons. The summed E-state index contributed by atoms with van der Waals surface area (Å²) in [5, 5.41) is 18.7. The van der Waals surface area contributed by atoms with Crippen molar-refractivity contribution in [2.45, 2.75) is 49.8 Å². The van der Waals surface area contributed by atoms with E-state index < -0.39 is 13.0 Å². The number of aryl methyl sites for hydroxylation is 1. The summed E-state index contributed by atoms with van der Waals surface area (Å²) >= 11 is 1.34. The second-order valence-corrected chi connectivity index (χ2v) is 13.8. The number of hydrogen-bond donors (Lipinski definition) is 3. The number of primary amides is 1. The molecule has 0 atom stereocenters. The van der Waals surface area contributed by atoms with Crippen molar-refractivity contribution in [1.82, 2.24) is 25.0 Å². The molecule has 13 heteroatoms. The van der Waals surface area contributed by atoms with Gasteiger partial charge in [-0.25, -0.2) is 4.98 Å². The molecule has 0 saturated heterocycles. The highest BCUT2D eigenvalue weighted by molar-refractivity contribution is 7.73. The first-order valence-corrected chi connectivity index (χ1v) is 14.3. The highest BCUT2D eigenvalue weighted by atomic mass is 32.1. The van der Waals surface area contributed by atoms with Gasteiger partial charge < -0.3 is 20.9 Å². The lowest BCUT2D eigenvalue weighted by Gasteiger charge is -2.17. The summed E-state index contributed by atoms with van der Waals surface area (Å²) in [6.45, 7) is 0. The van der Waals surface area contributed by atoms with Gasteiger partial charge in [0.25, 0.3) is 5.91 Å². The first-order valence-electron chi connectivity index (χ1n) is 11.7. The molecule has 0 unspecified atom stereocenters. The number of nitrogens with two attached hydrogens (primary N) is 1. The number of hydrogen-bond acceptors (Lipinski definition) is 9. The highest BCUT2D eigenvalue weighted by Crippen LogP contribution is 2.69. The number of carbonyl (C=O) groups is 2. The zero-order valence-corrected chi connectivity index (χ0v) is 20.8. The van der Waals surface area contributed by atoms with Crippen molar-refractivity contribution >= 4 is 52.4 Å². The normalized spacial score (nSPS) is 17.9. The van der Waals surface area contributed by atoms with E-state index in [1.165, 1.54) is 17.4 Å². The molecule has 0 spiro atoms. The summed E-state index contributed by atoms with van der Waals surface area (Å²) in [4.78, 5) is 29.2. The molecule has 3 aromatic heterocycles. The molecule has 3 fully saturated rings. The minimum Gasteiger partial charge on any atom is -0.364 e. The fourth-order valence-corrected chi connectivity index (χ4v) is 9.15. The van der Waals surface area contributed by atoms with E-state index in [-0.39, 0.29) is 23.3 Å². The van der Waals surface area contributed by atoms with E-state index in [1.54, 1.807) is 10.9 Å². The largest absolute Gasteiger partial charge is 0.364 e. The van der Waals surface area contributed by atoms with Crippen molar-refractivity contribution in [1.29, 1.82) is 0 Å². The Bertz CT molecular complexity index is 1370.